The van der Waals surface area contributed by atoms with Crippen LogP contribution < -0.4 is 5.43 Å². The zero-order chi connectivity index (χ0) is 20.6. The van der Waals surface area contributed by atoms with Crippen molar-refractivity contribution in [3.8, 4) is 0 Å². The third kappa shape index (κ3) is 3.57. The number of aliphatic hydroxyl groups is 1. The van der Waals surface area contributed by atoms with Gasteiger partial charge in [-0.05, 0) is 16.0 Å². The van der Waals surface area contributed by atoms with Crippen molar-refractivity contribution >= 4 is 22.7 Å². The maximum absolute atomic E-state index is 14.3. The van der Waals surface area contributed by atoms with Gasteiger partial charge >= 0.3 is 11.8 Å². The number of halogens is 2. The van der Waals surface area contributed by atoms with E-state index >= 15 is 0 Å². The molecule has 0 bridgehead atoms. The van der Waals surface area contributed by atoms with E-state index in [1.807, 2.05) is 0 Å². The SMILES string of the molecule is O=C(O)c1cn(CC(O)Cn2cnc([N+](=O)[O-])c2)c2c(F)cc(F)cc2c1=O. The van der Waals surface area contributed by atoms with E-state index in [-0.39, 0.29) is 18.6 Å². The van der Waals surface area contributed by atoms with Crippen LogP contribution in [-0.4, -0.2) is 41.3 Å². The lowest BCUT2D eigenvalue weighted by atomic mass is 10.1. The average Bonchev–Trinajstić information content (AvgIpc) is 3.05. The molecule has 146 valence electrons. The van der Waals surface area contributed by atoms with Gasteiger partial charge in [0.15, 0.2) is 5.82 Å². The number of benzene rings is 1. The summed E-state index contributed by atoms with van der Waals surface area (Å²) in [5.41, 5.74) is -2.15. The fourth-order valence-corrected chi connectivity index (χ4v) is 2.82. The van der Waals surface area contributed by atoms with Crippen molar-refractivity contribution in [1.29, 1.82) is 0 Å². The van der Waals surface area contributed by atoms with E-state index in [4.69, 9.17) is 0 Å². The molecule has 3 rings (SSSR count). The summed E-state index contributed by atoms with van der Waals surface area (Å²) in [5, 5.41) is 29.6. The quantitative estimate of drug-likeness (QED) is 0.472. The first-order valence-corrected chi connectivity index (χ1v) is 7.77. The molecule has 1 unspecified atom stereocenters. The van der Waals surface area contributed by atoms with E-state index < -0.39 is 50.8 Å². The van der Waals surface area contributed by atoms with Gasteiger partial charge in [0.25, 0.3) is 0 Å². The molecule has 10 nitrogen and oxygen atoms in total. The van der Waals surface area contributed by atoms with Crippen LogP contribution in [0.15, 0.2) is 35.6 Å². The Kier molecular flexibility index (Phi) is 4.88. The molecule has 0 amide bonds. The smallest absolute Gasteiger partial charge is 0.381 e. The molecule has 0 fully saturated rings. The minimum atomic E-state index is -1.59. The highest BCUT2D eigenvalue weighted by Crippen LogP contribution is 2.19. The Balaban J connectivity index is 2.01. The Morgan fingerprint density at radius 3 is 2.61 bits per heavy atom. The van der Waals surface area contributed by atoms with Crippen molar-refractivity contribution in [2.24, 2.45) is 0 Å². The number of carboxylic acids is 1. The molecule has 0 aliphatic carbocycles. The summed E-state index contributed by atoms with van der Waals surface area (Å²) in [6, 6.07) is 1.25. The molecular weight excluding hydrogens is 382 g/mol. The predicted octanol–water partition coefficient (Wildman–Crippen LogP) is 1.14. The summed E-state index contributed by atoms with van der Waals surface area (Å²) < 4.78 is 30.0. The van der Waals surface area contributed by atoms with Gasteiger partial charge < -0.3 is 29.5 Å². The summed E-state index contributed by atoms with van der Waals surface area (Å²) in [4.78, 5) is 36.9. The summed E-state index contributed by atoms with van der Waals surface area (Å²) in [6.07, 6.45) is 1.79. The molecule has 0 spiro atoms. The van der Waals surface area contributed by atoms with Crippen molar-refractivity contribution in [2.45, 2.75) is 19.2 Å². The summed E-state index contributed by atoms with van der Waals surface area (Å²) in [7, 11) is 0. The van der Waals surface area contributed by atoms with Crippen LogP contribution in [0.4, 0.5) is 14.6 Å². The number of carbonyl (C=O) groups is 1. The highest BCUT2D eigenvalue weighted by atomic mass is 19.1. The molecule has 28 heavy (non-hydrogen) atoms. The van der Waals surface area contributed by atoms with E-state index in [1.165, 1.54) is 4.57 Å². The first-order valence-electron chi connectivity index (χ1n) is 7.77. The van der Waals surface area contributed by atoms with Crippen LogP contribution in [0.1, 0.15) is 10.4 Å². The number of hydrogen-bond acceptors (Lipinski definition) is 6. The Labute approximate surface area is 154 Å². The van der Waals surface area contributed by atoms with Gasteiger partial charge in [-0.1, -0.05) is 0 Å². The minimum Gasteiger partial charge on any atom is -0.477 e. The lowest BCUT2D eigenvalue weighted by Crippen LogP contribution is -2.26. The summed E-state index contributed by atoms with van der Waals surface area (Å²) in [6.45, 7) is -0.550. The Morgan fingerprint density at radius 2 is 2.00 bits per heavy atom. The first-order chi connectivity index (χ1) is 13.2. The number of aliphatic hydroxyl groups excluding tert-OH is 1. The third-order valence-electron chi connectivity index (χ3n) is 3.96. The van der Waals surface area contributed by atoms with Crippen molar-refractivity contribution in [2.75, 3.05) is 0 Å². The van der Waals surface area contributed by atoms with Crippen molar-refractivity contribution in [3.05, 3.63) is 68.4 Å². The number of hydrogen-bond donors (Lipinski definition) is 2. The molecule has 12 heteroatoms. The van der Waals surface area contributed by atoms with Crippen molar-refractivity contribution in [1.82, 2.24) is 14.1 Å². The zero-order valence-corrected chi connectivity index (χ0v) is 14.0. The molecule has 0 saturated heterocycles. The fraction of sp³-hybridized carbons (Fsp3) is 0.188. The van der Waals surface area contributed by atoms with Gasteiger partial charge in [0, 0.05) is 12.3 Å². The second-order valence-corrected chi connectivity index (χ2v) is 5.95. The number of nitrogens with zero attached hydrogens (tertiary/aromatic N) is 4. The second kappa shape index (κ2) is 7.15. The Hall–Kier alpha value is -3.67. The average molecular weight is 394 g/mol. The van der Waals surface area contributed by atoms with E-state index in [9.17, 15) is 38.7 Å². The first kappa shape index (κ1) is 19.1. The van der Waals surface area contributed by atoms with Gasteiger partial charge in [-0.15, -0.1) is 0 Å². The number of fused-ring (bicyclic) bond motifs is 1. The maximum Gasteiger partial charge on any atom is 0.381 e. The van der Waals surface area contributed by atoms with Crippen LogP contribution in [0, 0.1) is 21.7 Å². The largest absolute Gasteiger partial charge is 0.477 e. The van der Waals surface area contributed by atoms with Gasteiger partial charge in [0.2, 0.25) is 11.8 Å². The molecule has 2 heterocycles. The monoisotopic (exact) mass is 394 g/mol. The topological polar surface area (TPSA) is 140 Å². The van der Waals surface area contributed by atoms with Gasteiger partial charge in [-0.2, -0.15) is 0 Å². The van der Waals surface area contributed by atoms with Crippen molar-refractivity contribution in [3.63, 3.8) is 0 Å². The van der Waals surface area contributed by atoms with Crippen LogP contribution in [0.3, 0.4) is 0 Å². The standard InChI is InChI=1S/C16H12F2N4O6/c17-8-1-10-14(12(18)2-8)21(5-11(15(10)24)16(25)26)4-9(23)3-20-6-13(19-7-20)22(27)28/h1-2,5-7,9,23H,3-4H2,(H,25,26). The summed E-state index contributed by atoms with van der Waals surface area (Å²) >= 11 is 0. The fourth-order valence-electron chi connectivity index (χ4n) is 2.82. The number of rotatable bonds is 6. The van der Waals surface area contributed by atoms with E-state index in [0.717, 1.165) is 29.4 Å². The molecule has 1 atom stereocenters. The zero-order valence-electron chi connectivity index (χ0n) is 14.0. The van der Waals surface area contributed by atoms with Crippen LogP contribution in [0.5, 0.6) is 0 Å². The van der Waals surface area contributed by atoms with Gasteiger partial charge in [0.05, 0.1) is 30.1 Å². The highest BCUT2D eigenvalue weighted by Gasteiger charge is 2.20. The molecule has 1 aromatic carbocycles. The van der Waals surface area contributed by atoms with Gasteiger partial charge in [0.1, 0.15) is 17.6 Å². The van der Waals surface area contributed by atoms with Crippen LogP contribution >= 0.6 is 0 Å². The van der Waals surface area contributed by atoms with E-state index in [0.29, 0.717) is 6.07 Å². The number of pyridine rings is 1. The van der Waals surface area contributed by atoms with E-state index in [1.54, 1.807) is 0 Å². The maximum atomic E-state index is 14.3. The predicted molar refractivity (Wildman–Crippen MR) is 90.0 cm³/mol. The molecule has 0 aliphatic rings. The third-order valence-corrected chi connectivity index (χ3v) is 3.96. The Bertz CT molecular complexity index is 1160. The van der Waals surface area contributed by atoms with Crippen LogP contribution in [0.2, 0.25) is 0 Å². The molecule has 0 aliphatic heterocycles. The van der Waals surface area contributed by atoms with Gasteiger partial charge in [-0.25, -0.2) is 13.6 Å². The van der Waals surface area contributed by atoms with Crippen LogP contribution in [-0.2, 0) is 13.1 Å². The molecule has 3 aromatic rings. The summed E-state index contributed by atoms with van der Waals surface area (Å²) in [5.74, 6) is -4.18. The van der Waals surface area contributed by atoms with E-state index in [2.05, 4.69) is 4.98 Å². The number of aromatic carboxylic acids is 1. The molecule has 0 saturated carbocycles. The van der Waals surface area contributed by atoms with Crippen molar-refractivity contribution < 1.29 is 28.7 Å². The number of nitro groups is 1. The molecule has 2 N–H and O–H groups in total. The van der Waals surface area contributed by atoms with Crippen LogP contribution in [0.25, 0.3) is 10.9 Å². The minimum absolute atomic E-state index is 0.181. The van der Waals surface area contributed by atoms with Gasteiger partial charge in [-0.3, -0.25) is 4.79 Å². The normalized spacial score (nSPS) is 12.2. The number of imidazole rings is 1. The highest BCUT2D eigenvalue weighted by molar-refractivity contribution is 5.92. The number of carboxylic acid groups (broad SMARTS) is 1. The number of aromatic nitrogens is 3. The lowest BCUT2D eigenvalue weighted by molar-refractivity contribution is -0.389. The lowest BCUT2D eigenvalue weighted by Gasteiger charge is -2.17. The molecule has 0 radical (unpaired) electrons. The molecular formula is C16H12F2N4O6. The Morgan fingerprint density at radius 1 is 1.29 bits per heavy atom. The second-order valence-electron chi connectivity index (χ2n) is 5.95. The molecule has 2 aromatic heterocycles.